The highest BCUT2D eigenvalue weighted by atomic mass is 127. The summed E-state index contributed by atoms with van der Waals surface area (Å²) in [7, 11) is 1.74. The van der Waals surface area contributed by atoms with Gasteiger partial charge in [0.1, 0.15) is 5.76 Å². The predicted octanol–water partition coefficient (Wildman–Crippen LogP) is 4.22. The van der Waals surface area contributed by atoms with Crippen molar-refractivity contribution in [1.29, 1.82) is 0 Å². The minimum absolute atomic E-state index is 0. The maximum absolute atomic E-state index is 6.00. The Balaban J connectivity index is 0.00000242. The van der Waals surface area contributed by atoms with Crippen LogP contribution in [0, 0.1) is 0 Å². The minimum Gasteiger partial charge on any atom is -0.467 e. The molecule has 0 spiro atoms. The number of halogens is 3. The van der Waals surface area contributed by atoms with Gasteiger partial charge in [-0.15, -0.1) is 24.0 Å². The summed E-state index contributed by atoms with van der Waals surface area (Å²) in [5.41, 5.74) is 1.16. The van der Waals surface area contributed by atoms with Crippen LogP contribution >= 0.6 is 51.5 Å². The van der Waals surface area contributed by atoms with E-state index in [1.807, 2.05) is 30.3 Å². The molecular weight excluding hydrogens is 480 g/mol. The van der Waals surface area contributed by atoms with E-state index in [-0.39, 0.29) is 24.0 Å². The topological polar surface area (TPSA) is 49.6 Å². The van der Waals surface area contributed by atoms with E-state index in [2.05, 4.69) is 31.6 Å². The number of aliphatic imine (C=N–C) groups is 1. The van der Waals surface area contributed by atoms with Crippen LogP contribution in [-0.2, 0) is 13.0 Å². The molecule has 2 N–H and O–H groups in total. The maximum Gasteiger partial charge on any atom is 0.191 e. The van der Waals surface area contributed by atoms with Gasteiger partial charge in [-0.2, -0.15) is 0 Å². The first-order chi connectivity index (χ1) is 10.2. The smallest absolute Gasteiger partial charge is 0.191 e. The standard InChI is InChI=1S/C15H17BrClN3O.HI/c1-18-15(20-10-13-3-2-8-21-13)19-7-6-11-9-12(17)4-5-14(11)16;/h2-5,8-9H,6-7,10H2,1H3,(H2,18,19,20);1H. The van der Waals surface area contributed by atoms with E-state index in [0.717, 1.165) is 39.7 Å². The van der Waals surface area contributed by atoms with Crippen LogP contribution in [0.4, 0.5) is 0 Å². The molecule has 0 amide bonds. The number of nitrogens with one attached hydrogen (secondary N) is 2. The van der Waals surface area contributed by atoms with Crippen molar-refractivity contribution in [2.24, 2.45) is 4.99 Å². The lowest BCUT2D eigenvalue weighted by atomic mass is 10.1. The van der Waals surface area contributed by atoms with Crippen LogP contribution in [0.25, 0.3) is 0 Å². The SMILES string of the molecule is CN=C(NCCc1cc(Cl)ccc1Br)NCc1ccco1.I. The lowest BCUT2D eigenvalue weighted by Gasteiger charge is -2.11. The molecule has 0 aliphatic carbocycles. The number of nitrogens with zero attached hydrogens (tertiary/aromatic N) is 1. The van der Waals surface area contributed by atoms with E-state index in [4.69, 9.17) is 16.0 Å². The second kappa shape index (κ2) is 10.1. The molecule has 2 aromatic rings. The second-order valence-corrected chi connectivity index (χ2v) is 5.71. The largest absolute Gasteiger partial charge is 0.467 e. The summed E-state index contributed by atoms with van der Waals surface area (Å²) in [4.78, 5) is 4.17. The minimum atomic E-state index is 0. The third-order valence-electron chi connectivity index (χ3n) is 2.93. The molecule has 4 nitrogen and oxygen atoms in total. The van der Waals surface area contributed by atoms with Crippen LogP contribution in [0.15, 0.2) is 50.5 Å². The predicted molar refractivity (Wildman–Crippen MR) is 105 cm³/mol. The number of rotatable bonds is 5. The van der Waals surface area contributed by atoms with E-state index < -0.39 is 0 Å². The molecule has 0 atom stereocenters. The number of hydrogen-bond donors (Lipinski definition) is 2. The van der Waals surface area contributed by atoms with Gasteiger partial charge < -0.3 is 15.1 Å². The second-order valence-electron chi connectivity index (χ2n) is 4.42. The van der Waals surface area contributed by atoms with E-state index in [1.165, 1.54) is 0 Å². The Bertz CT molecular complexity index is 605. The molecule has 120 valence electrons. The zero-order valence-electron chi connectivity index (χ0n) is 12.1. The molecule has 1 heterocycles. The molecule has 0 radical (unpaired) electrons. The van der Waals surface area contributed by atoms with E-state index in [0.29, 0.717) is 6.54 Å². The van der Waals surface area contributed by atoms with Crippen molar-refractivity contribution in [1.82, 2.24) is 10.6 Å². The van der Waals surface area contributed by atoms with Crippen molar-refractivity contribution < 1.29 is 4.42 Å². The van der Waals surface area contributed by atoms with Gasteiger partial charge in [0.15, 0.2) is 5.96 Å². The van der Waals surface area contributed by atoms with Crippen LogP contribution in [0.3, 0.4) is 0 Å². The number of furan rings is 1. The Morgan fingerprint density at radius 1 is 1.32 bits per heavy atom. The fourth-order valence-corrected chi connectivity index (χ4v) is 2.49. The molecule has 0 saturated carbocycles. The van der Waals surface area contributed by atoms with E-state index >= 15 is 0 Å². The van der Waals surface area contributed by atoms with E-state index in [1.54, 1.807) is 13.3 Å². The van der Waals surface area contributed by atoms with Gasteiger partial charge in [-0.05, 0) is 42.3 Å². The summed E-state index contributed by atoms with van der Waals surface area (Å²) < 4.78 is 6.33. The van der Waals surface area contributed by atoms with Crippen LogP contribution < -0.4 is 10.6 Å². The monoisotopic (exact) mass is 497 g/mol. The molecule has 0 unspecified atom stereocenters. The van der Waals surface area contributed by atoms with E-state index in [9.17, 15) is 0 Å². The van der Waals surface area contributed by atoms with Gasteiger partial charge in [0.2, 0.25) is 0 Å². The van der Waals surface area contributed by atoms with Gasteiger partial charge >= 0.3 is 0 Å². The highest BCUT2D eigenvalue weighted by molar-refractivity contribution is 14.0. The molecule has 1 aromatic heterocycles. The van der Waals surface area contributed by atoms with Crippen molar-refractivity contribution in [2.75, 3.05) is 13.6 Å². The van der Waals surface area contributed by atoms with Crippen molar-refractivity contribution in [3.8, 4) is 0 Å². The van der Waals surface area contributed by atoms with Gasteiger partial charge in [0, 0.05) is 23.1 Å². The Morgan fingerprint density at radius 2 is 2.14 bits per heavy atom. The maximum atomic E-state index is 6.00. The Morgan fingerprint density at radius 3 is 2.82 bits per heavy atom. The third kappa shape index (κ3) is 6.18. The van der Waals surface area contributed by atoms with Crippen molar-refractivity contribution in [3.05, 3.63) is 57.4 Å². The molecule has 0 saturated heterocycles. The summed E-state index contributed by atoms with van der Waals surface area (Å²) in [5, 5.41) is 7.20. The molecule has 1 aromatic carbocycles. The zero-order chi connectivity index (χ0) is 15.1. The molecule has 0 fully saturated rings. The quantitative estimate of drug-likeness (QED) is 0.369. The summed E-state index contributed by atoms with van der Waals surface area (Å²) >= 11 is 9.53. The zero-order valence-corrected chi connectivity index (χ0v) is 16.8. The summed E-state index contributed by atoms with van der Waals surface area (Å²) in [6, 6.07) is 9.58. The molecule has 22 heavy (non-hydrogen) atoms. The number of guanidine groups is 1. The summed E-state index contributed by atoms with van der Waals surface area (Å²) in [6.07, 6.45) is 2.51. The highest BCUT2D eigenvalue weighted by Crippen LogP contribution is 2.21. The van der Waals surface area contributed by atoms with Crippen LogP contribution in [0.1, 0.15) is 11.3 Å². The first-order valence-corrected chi connectivity index (χ1v) is 7.77. The molecule has 7 heteroatoms. The Labute approximate surface area is 160 Å². The van der Waals surface area contributed by atoms with Crippen LogP contribution in [0.2, 0.25) is 5.02 Å². The summed E-state index contributed by atoms with van der Waals surface area (Å²) in [6.45, 7) is 1.37. The van der Waals surface area contributed by atoms with Gasteiger partial charge in [-0.3, -0.25) is 4.99 Å². The summed E-state index contributed by atoms with van der Waals surface area (Å²) in [5.74, 6) is 1.61. The van der Waals surface area contributed by atoms with Gasteiger partial charge in [0.25, 0.3) is 0 Å². The van der Waals surface area contributed by atoms with Crippen LogP contribution in [-0.4, -0.2) is 19.6 Å². The molecule has 0 aliphatic rings. The molecule has 0 bridgehead atoms. The lowest BCUT2D eigenvalue weighted by molar-refractivity contribution is 0.501. The molecule has 0 aliphatic heterocycles. The van der Waals surface area contributed by atoms with Crippen molar-refractivity contribution >= 4 is 57.5 Å². The molecule has 2 rings (SSSR count). The highest BCUT2D eigenvalue weighted by Gasteiger charge is 2.03. The van der Waals surface area contributed by atoms with Crippen LogP contribution in [0.5, 0.6) is 0 Å². The normalized spacial score (nSPS) is 11.0. The van der Waals surface area contributed by atoms with Crippen molar-refractivity contribution in [2.45, 2.75) is 13.0 Å². The Kier molecular flexibility index (Phi) is 8.89. The number of hydrogen-bond acceptors (Lipinski definition) is 2. The lowest BCUT2D eigenvalue weighted by Crippen LogP contribution is -2.37. The fraction of sp³-hybridized carbons (Fsp3) is 0.267. The number of benzene rings is 1. The average molecular weight is 499 g/mol. The first kappa shape index (κ1) is 19.3. The first-order valence-electron chi connectivity index (χ1n) is 6.60. The van der Waals surface area contributed by atoms with Gasteiger partial charge in [-0.1, -0.05) is 27.5 Å². The molecular formula is C15H18BrClIN3O. The van der Waals surface area contributed by atoms with Gasteiger partial charge in [0.05, 0.1) is 12.8 Å². The van der Waals surface area contributed by atoms with Gasteiger partial charge in [-0.25, -0.2) is 0 Å². The third-order valence-corrected chi connectivity index (χ3v) is 3.94. The van der Waals surface area contributed by atoms with Crippen molar-refractivity contribution in [3.63, 3.8) is 0 Å². The fourth-order valence-electron chi connectivity index (χ4n) is 1.86. The average Bonchev–Trinajstić information content (AvgIpc) is 2.99. The Hall–Kier alpha value is -0.730.